The van der Waals surface area contributed by atoms with E-state index in [1.54, 1.807) is 0 Å². The minimum Gasteiger partial charge on any atom is -0.397 e. The van der Waals surface area contributed by atoms with E-state index in [4.69, 9.17) is 17.3 Å². The Morgan fingerprint density at radius 1 is 1.59 bits per heavy atom. The fourth-order valence-corrected chi connectivity index (χ4v) is 2.06. The van der Waals surface area contributed by atoms with Crippen LogP contribution in [-0.4, -0.2) is 16.4 Å². The zero-order valence-electron chi connectivity index (χ0n) is 9.96. The molecule has 17 heavy (non-hydrogen) atoms. The summed E-state index contributed by atoms with van der Waals surface area (Å²) in [6.07, 6.45) is 3.74. The van der Waals surface area contributed by atoms with Gasteiger partial charge >= 0.3 is 0 Å². The van der Waals surface area contributed by atoms with Gasteiger partial charge < -0.3 is 11.1 Å². The quantitative estimate of drug-likeness (QED) is 0.812. The highest BCUT2D eigenvalue weighted by Crippen LogP contribution is 2.39. The average molecular weight is 254 g/mol. The summed E-state index contributed by atoms with van der Waals surface area (Å²) >= 11 is 5.76. The molecule has 0 radical (unpaired) electrons. The van der Waals surface area contributed by atoms with Crippen molar-refractivity contribution in [1.29, 1.82) is 0 Å². The first-order valence-corrected chi connectivity index (χ1v) is 6.01. The number of pyridine rings is 1. The van der Waals surface area contributed by atoms with Crippen LogP contribution < -0.4 is 11.1 Å². The molecule has 0 unspecified atom stereocenters. The Hall–Kier alpha value is -1.29. The van der Waals surface area contributed by atoms with Gasteiger partial charge in [-0.05, 0) is 38.7 Å². The van der Waals surface area contributed by atoms with E-state index in [9.17, 15) is 4.79 Å². The number of nitrogens with zero attached hydrogens (tertiary/aromatic N) is 1. The number of hydrogen-bond acceptors (Lipinski definition) is 3. The van der Waals surface area contributed by atoms with Crippen LogP contribution in [0.25, 0.3) is 0 Å². The van der Waals surface area contributed by atoms with Crippen molar-refractivity contribution in [3.63, 3.8) is 0 Å². The summed E-state index contributed by atoms with van der Waals surface area (Å²) in [7, 11) is 0. The number of amides is 1. The summed E-state index contributed by atoms with van der Waals surface area (Å²) in [5, 5.41) is 3.27. The van der Waals surface area contributed by atoms with Crippen molar-refractivity contribution in [2.24, 2.45) is 5.92 Å². The van der Waals surface area contributed by atoms with Crippen LogP contribution in [0.1, 0.15) is 37.0 Å². The Morgan fingerprint density at radius 3 is 2.82 bits per heavy atom. The SMILES string of the molecule is CC(C)(NC(=O)c1cc(Cl)ncc1N)C1CC1. The molecule has 0 spiro atoms. The molecule has 1 saturated carbocycles. The number of halogens is 1. The Labute approximate surface area is 106 Å². The van der Waals surface area contributed by atoms with Gasteiger partial charge in [0.2, 0.25) is 0 Å². The third-order valence-electron chi connectivity index (χ3n) is 3.18. The van der Waals surface area contributed by atoms with Crippen LogP contribution in [0.4, 0.5) is 5.69 Å². The second-order valence-corrected chi connectivity index (χ2v) is 5.43. The fourth-order valence-electron chi connectivity index (χ4n) is 1.90. The smallest absolute Gasteiger partial charge is 0.253 e. The summed E-state index contributed by atoms with van der Waals surface area (Å²) in [6.45, 7) is 4.06. The van der Waals surface area contributed by atoms with Gasteiger partial charge in [0.25, 0.3) is 5.91 Å². The first-order valence-electron chi connectivity index (χ1n) is 5.63. The molecule has 0 aliphatic heterocycles. The van der Waals surface area contributed by atoms with Gasteiger partial charge in [0.05, 0.1) is 17.4 Å². The largest absolute Gasteiger partial charge is 0.397 e. The molecule has 1 fully saturated rings. The van der Waals surface area contributed by atoms with Gasteiger partial charge in [0, 0.05) is 5.54 Å². The number of aromatic nitrogens is 1. The lowest BCUT2D eigenvalue weighted by Crippen LogP contribution is -2.45. The maximum Gasteiger partial charge on any atom is 0.253 e. The molecule has 1 amide bonds. The van der Waals surface area contributed by atoms with Gasteiger partial charge in [0.1, 0.15) is 5.15 Å². The number of nitrogens with one attached hydrogen (secondary N) is 1. The number of nitrogens with two attached hydrogens (primary N) is 1. The molecule has 5 heteroatoms. The third-order valence-corrected chi connectivity index (χ3v) is 3.39. The molecule has 0 bridgehead atoms. The normalized spacial score (nSPS) is 15.7. The predicted molar refractivity (Wildman–Crippen MR) is 67.9 cm³/mol. The first kappa shape index (κ1) is 12.2. The topological polar surface area (TPSA) is 68.0 Å². The van der Waals surface area contributed by atoms with E-state index in [0.29, 0.717) is 17.2 Å². The van der Waals surface area contributed by atoms with Crippen molar-refractivity contribution in [1.82, 2.24) is 10.3 Å². The van der Waals surface area contributed by atoms with E-state index in [0.717, 1.165) is 0 Å². The summed E-state index contributed by atoms with van der Waals surface area (Å²) < 4.78 is 0. The molecular formula is C12H16ClN3O. The highest BCUT2D eigenvalue weighted by Gasteiger charge is 2.39. The minimum absolute atomic E-state index is 0.191. The summed E-state index contributed by atoms with van der Waals surface area (Å²) in [4.78, 5) is 15.9. The van der Waals surface area contributed by atoms with Gasteiger partial charge in [-0.3, -0.25) is 4.79 Å². The minimum atomic E-state index is -0.195. The Morgan fingerprint density at radius 2 is 2.24 bits per heavy atom. The molecule has 1 aromatic rings. The molecule has 3 N–H and O–H groups in total. The number of anilines is 1. The van der Waals surface area contributed by atoms with Crippen molar-refractivity contribution in [2.75, 3.05) is 5.73 Å². The zero-order chi connectivity index (χ0) is 12.6. The lowest BCUT2D eigenvalue weighted by Gasteiger charge is -2.26. The van der Waals surface area contributed by atoms with E-state index >= 15 is 0 Å². The van der Waals surface area contributed by atoms with Gasteiger partial charge in [-0.1, -0.05) is 11.6 Å². The molecule has 4 nitrogen and oxygen atoms in total. The van der Waals surface area contributed by atoms with Crippen LogP contribution in [0.5, 0.6) is 0 Å². The molecule has 1 aromatic heterocycles. The second kappa shape index (κ2) is 4.18. The lowest BCUT2D eigenvalue weighted by atomic mass is 9.98. The van der Waals surface area contributed by atoms with Crippen LogP contribution in [0.2, 0.25) is 5.15 Å². The van der Waals surface area contributed by atoms with Crippen molar-refractivity contribution >= 4 is 23.2 Å². The van der Waals surface area contributed by atoms with E-state index in [1.807, 2.05) is 13.8 Å². The highest BCUT2D eigenvalue weighted by atomic mass is 35.5. The maximum absolute atomic E-state index is 12.1. The maximum atomic E-state index is 12.1. The Balaban J connectivity index is 2.16. The van der Waals surface area contributed by atoms with Crippen molar-refractivity contribution < 1.29 is 4.79 Å². The number of carbonyl (C=O) groups is 1. The van der Waals surface area contributed by atoms with Crippen LogP contribution in [0.15, 0.2) is 12.3 Å². The van der Waals surface area contributed by atoms with E-state index < -0.39 is 0 Å². The van der Waals surface area contributed by atoms with Gasteiger partial charge in [-0.2, -0.15) is 0 Å². The van der Waals surface area contributed by atoms with Crippen molar-refractivity contribution in [2.45, 2.75) is 32.2 Å². The van der Waals surface area contributed by atoms with Crippen LogP contribution in [0.3, 0.4) is 0 Å². The van der Waals surface area contributed by atoms with Gasteiger partial charge in [0.15, 0.2) is 0 Å². The van der Waals surface area contributed by atoms with Crippen LogP contribution >= 0.6 is 11.6 Å². The van der Waals surface area contributed by atoms with Crippen molar-refractivity contribution in [3.05, 3.63) is 23.0 Å². The fraction of sp³-hybridized carbons (Fsp3) is 0.500. The molecule has 2 rings (SSSR count). The molecule has 92 valence electrons. The van der Waals surface area contributed by atoms with E-state index in [-0.39, 0.29) is 16.6 Å². The predicted octanol–water partition coefficient (Wildman–Crippen LogP) is 2.24. The second-order valence-electron chi connectivity index (χ2n) is 5.04. The summed E-state index contributed by atoms with van der Waals surface area (Å²) in [5.41, 5.74) is 6.26. The summed E-state index contributed by atoms with van der Waals surface area (Å²) in [5.74, 6) is 0.369. The van der Waals surface area contributed by atoms with Gasteiger partial charge in [-0.25, -0.2) is 4.98 Å². The van der Waals surface area contributed by atoms with Crippen LogP contribution in [0, 0.1) is 5.92 Å². The third kappa shape index (κ3) is 2.69. The monoisotopic (exact) mass is 253 g/mol. The summed E-state index contributed by atoms with van der Waals surface area (Å²) in [6, 6.07) is 1.50. The zero-order valence-corrected chi connectivity index (χ0v) is 10.7. The lowest BCUT2D eigenvalue weighted by molar-refractivity contribution is 0.0904. The van der Waals surface area contributed by atoms with Crippen molar-refractivity contribution in [3.8, 4) is 0 Å². The number of hydrogen-bond donors (Lipinski definition) is 2. The van der Waals surface area contributed by atoms with E-state index in [2.05, 4.69) is 10.3 Å². The number of rotatable bonds is 3. The molecule has 0 atom stereocenters. The molecule has 0 saturated heterocycles. The molecular weight excluding hydrogens is 238 g/mol. The average Bonchev–Trinajstić information content (AvgIpc) is 3.04. The molecule has 1 aliphatic rings. The molecule has 1 heterocycles. The first-order chi connectivity index (χ1) is 7.90. The Bertz CT molecular complexity index is 455. The molecule has 0 aromatic carbocycles. The van der Waals surface area contributed by atoms with Gasteiger partial charge in [-0.15, -0.1) is 0 Å². The number of nitrogen functional groups attached to an aromatic ring is 1. The van der Waals surface area contributed by atoms with Crippen LogP contribution in [-0.2, 0) is 0 Å². The standard InChI is InChI=1S/C12H16ClN3O/c1-12(2,7-3-4-7)16-11(17)8-5-10(13)15-6-9(8)14/h5-7H,3-4,14H2,1-2H3,(H,16,17). The highest BCUT2D eigenvalue weighted by molar-refractivity contribution is 6.29. The number of carbonyl (C=O) groups excluding carboxylic acids is 1. The molecule has 1 aliphatic carbocycles. The van der Waals surface area contributed by atoms with E-state index in [1.165, 1.54) is 25.1 Å². The Kier molecular flexibility index (Phi) is 3.00.